The molecule has 2 N–H and O–H groups in total. The zero-order chi connectivity index (χ0) is 12.7. The molecule has 3 nitrogen and oxygen atoms in total. The number of carbonyl (C=O) groups excluding carboxylic acids is 1. The summed E-state index contributed by atoms with van der Waals surface area (Å²) in [5.74, 6) is 0.454. The van der Waals surface area contributed by atoms with Gasteiger partial charge in [0.15, 0.2) is 0 Å². The predicted octanol–water partition coefficient (Wildman–Crippen LogP) is 3.02. The van der Waals surface area contributed by atoms with Crippen LogP contribution in [-0.2, 0) is 9.53 Å². The molecule has 1 saturated carbocycles. The Kier molecular flexibility index (Phi) is 6.56. The van der Waals surface area contributed by atoms with Crippen molar-refractivity contribution in [1.82, 2.24) is 0 Å². The van der Waals surface area contributed by atoms with Gasteiger partial charge in [0.1, 0.15) is 0 Å². The molecule has 0 saturated heterocycles. The highest BCUT2D eigenvalue weighted by molar-refractivity contribution is 5.70. The van der Waals surface area contributed by atoms with Gasteiger partial charge in [-0.1, -0.05) is 26.2 Å². The minimum atomic E-state index is -0.118. The summed E-state index contributed by atoms with van der Waals surface area (Å²) >= 11 is 0. The number of unbranched alkanes of at least 4 members (excludes halogenated alkanes) is 3. The van der Waals surface area contributed by atoms with Gasteiger partial charge in [0.2, 0.25) is 0 Å². The molecule has 17 heavy (non-hydrogen) atoms. The van der Waals surface area contributed by atoms with Gasteiger partial charge in [0, 0.05) is 6.04 Å². The van der Waals surface area contributed by atoms with Crippen LogP contribution in [0.3, 0.4) is 0 Å². The summed E-state index contributed by atoms with van der Waals surface area (Å²) in [5, 5.41) is 0. The topological polar surface area (TPSA) is 52.3 Å². The monoisotopic (exact) mass is 241 g/mol. The first-order valence-electron chi connectivity index (χ1n) is 7.08. The van der Waals surface area contributed by atoms with Gasteiger partial charge in [-0.15, -0.1) is 0 Å². The van der Waals surface area contributed by atoms with Crippen LogP contribution in [0.15, 0.2) is 0 Å². The zero-order valence-electron chi connectivity index (χ0n) is 11.3. The molecule has 2 atom stereocenters. The molecule has 0 aromatic carbocycles. The maximum atomic E-state index is 11.6. The van der Waals surface area contributed by atoms with Crippen molar-refractivity contribution in [1.29, 1.82) is 0 Å². The molecule has 0 aromatic rings. The number of hydrogen-bond acceptors (Lipinski definition) is 3. The lowest BCUT2D eigenvalue weighted by Gasteiger charge is -2.15. The van der Waals surface area contributed by atoms with Crippen LogP contribution in [0.4, 0.5) is 0 Å². The molecule has 100 valence electrons. The van der Waals surface area contributed by atoms with Crippen LogP contribution in [0.5, 0.6) is 0 Å². The van der Waals surface area contributed by atoms with Gasteiger partial charge in [-0.3, -0.25) is 4.79 Å². The Bertz CT molecular complexity index is 226. The lowest BCUT2D eigenvalue weighted by atomic mass is 10.1. The smallest absolute Gasteiger partial charge is 0.307 e. The fraction of sp³-hybridized carbons (Fsp3) is 0.929. The molecule has 0 heterocycles. The van der Waals surface area contributed by atoms with E-state index in [1.807, 2.05) is 6.92 Å². The molecule has 1 aliphatic carbocycles. The molecule has 1 aliphatic rings. The Hall–Kier alpha value is -0.570. The molecule has 0 amide bonds. The maximum Gasteiger partial charge on any atom is 0.307 e. The van der Waals surface area contributed by atoms with Crippen LogP contribution >= 0.6 is 0 Å². The second-order valence-electron chi connectivity index (χ2n) is 5.36. The van der Waals surface area contributed by atoms with Crippen LogP contribution in [0, 0.1) is 5.92 Å². The van der Waals surface area contributed by atoms with Crippen LogP contribution in [0.1, 0.15) is 65.2 Å². The molecule has 0 bridgehead atoms. The Morgan fingerprint density at radius 3 is 2.65 bits per heavy atom. The van der Waals surface area contributed by atoms with Crippen molar-refractivity contribution in [2.45, 2.75) is 77.4 Å². The molecule has 0 spiro atoms. The van der Waals surface area contributed by atoms with E-state index < -0.39 is 0 Å². The Labute approximate surface area is 105 Å². The third-order valence-electron chi connectivity index (χ3n) is 3.43. The quantitative estimate of drug-likeness (QED) is 0.498. The molecule has 0 radical (unpaired) electrons. The first-order valence-corrected chi connectivity index (χ1v) is 7.08. The lowest BCUT2D eigenvalue weighted by Crippen LogP contribution is -2.28. The first-order chi connectivity index (χ1) is 8.13. The summed E-state index contributed by atoms with van der Waals surface area (Å²) < 4.78 is 5.36. The number of ether oxygens (including phenoxy) is 1. The first kappa shape index (κ1) is 14.5. The van der Waals surface area contributed by atoms with Gasteiger partial charge < -0.3 is 10.5 Å². The third-order valence-corrected chi connectivity index (χ3v) is 3.43. The maximum absolute atomic E-state index is 11.6. The van der Waals surface area contributed by atoms with E-state index >= 15 is 0 Å². The third kappa shape index (κ3) is 6.67. The highest BCUT2D eigenvalue weighted by Gasteiger charge is 2.30. The summed E-state index contributed by atoms with van der Waals surface area (Å²) in [6.45, 7) is 4.18. The van der Waals surface area contributed by atoms with Gasteiger partial charge in [0.25, 0.3) is 0 Å². The van der Waals surface area contributed by atoms with E-state index in [1.54, 1.807) is 0 Å². The van der Waals surface area contributed by atoms with E-state index in [1.165, 1.54) is 32.1 Å². The van der Waals surface area contributed by atoms with Gasteiger partial charge in [-0.2, -0.15) is 0 Å². The normalized spacial score (nSPS) is 18.8. The number of carbonyl (C=O) groups is 1. The van der Waals surface area contributed by atoms with Crippen molar-refractivity contribution < 1.29 is 9.53 Å². The molecule has 2 unspecified atom stereocenters. The van der Waals surface area contributed by atoms with E-state index in [0.29, 0.717) is 12.3 Å². The minimum Gasteiger partial charge on any atom is -0.463 e. The minimum absolute atomic E-state index is 0.0230. The lowest BCUT2D eigenvalue weighted by molar-refractivity contribution is -0.149. The van der Waals surface area contributed by atoms with Gasteiger partial charge in [-0.05, 0) is 38.5 Å². The second-order valence-corrected chi connectivity index (χ2v) is 5.36. The highest BCUT2D eigenvalue weighted by Crippen LogP contribution is 2.32. The average molecular weight is 241 g/mol. The van der Waals surface area contributed by atoms with Crippen molar-refractivity contribution in [3.63, 3.8) is 0 Å². The van der Waals surface area contributed by atoms with Crippen molar-refractivity contribution in [3.8, 4) is 0 Å². The van der Waals surface area contributed by atoms with Crippen molar-refractivity contribution in [2.75, 3.05) is 0 Å². The van der Waals surface area contributed by atoms with E-state index in [-0.39, 0.29) is 18.1 Å². The molecule has 1 rings (SSSR count). The van der Waals surface area contributed by atoms with Crippen molar-refractivity contribution >= 4 is 5.97 Å². The SMILES string of the molecule is CCCCCCC(C)OC(=O)CC(N)C1CC1. The Morgan fingerprint density at radius 1 is 1.35 bits per heavy atom. The fourth-order valence-electron chi connectivity index (χ4n) is 2.07. The molecule has 0 aliphatic heterocycles. The number of nitrogens with two attached hydrogens (primary N) is 1. The molecule has 1 fully saturated rings. The highest BCUT2D eigenvalue weighted by atomic mass is 16.5. The van der Waals surface area contributed by atoms with Gasteiger partial charge in [0.05, 0.1) is 12.5 Å². The predicted molar refractivity (Wildman–Crippen MR) is 69.6 cm³/mol. The molecular formula is C14H27NO2. The fourth-order valence-corrected chi connectivity index (χ4v) is 2.07. The molecular weight excluding hydrogens is 214 g/mol. The average Bonchev–Trinajstić information content (AvgIpc) is 3.07. The summed E-state index contributed by atoms with van der Waals surface area (Å²) in [6, 6.07) is 0.0230. The Morgan fingerprint density at radius 2 is 2.06 bits per heavy atom. The van der Waals surface area contributed by atoms with E-state index in [0.717, 1.165) is 12.8 Å². The Balaban J connectivity index is 2.03. The van der Waals surface area contributed by atoms with E-state index in [4.69, 9.17) is 10.5 Å². The van der Waals surface area contributed by atoms with Gasteiger partial charge >= 0.3 is 5.97 Å². The van der Waals surface area contributed by atoms with Crippen molar-refractivity contribution in [3.05, 3.63) is 0 Å². The zero-order valence-corrected chi connectivity index (χ0v) is 11.3. The van der Waals surface area contributed by atoms with Crippen LogP contribution in [0.25, 0.3) is 0 Å². The number of hydrogen-bond donors (Lipinski definition) is 1. The van der Waals surface area contributed by atoms with E-state index in [9.17, 15) is 4.79 Å². The summed E-state index contributed by atoms with van der Waals surface area (Å²) in [7, 11) is 0. The molecule has 3 heteroatoms. The van der Waals surface area contributed by atoms with Crippen LogP contribution in [-0.4, -0.2) is 18.1 Å². The second kappa shape index (κ2) is 7.70. The van der Waals surface area contributed by atoms with Crippen LogP contribution < -0.4 is 5.73 Å². The summed E-state index contributed by atoms with van der Waals surface area (Å²) in [5.41, 5.74) is 5.89. The van der Waals surface area contributed by atoms with Crippen molar-refractivity contribution in [2.24, 2.45) is 11.7 Å². The van der Waals surface area contributed by atoms with E-state index in [2.05, 4.69) is 6.92 Å². The standard InChI is InChI=1S/C14H27NO2/c1-3-4-5-6-7-11(2)17-14(16)10-13(15)12-8-9-12/h11-13H,3-10,15H2,1-2H3. The summed E-state index contributed by atoms with van der Waals surface area (Å²) in [6.07, 6.45) is 8.68. The largest absolute Gasteiger partial charge is 0.463 e. The molecule has 0 aromatic heterocycles. The number of esters is 1. The van der Waals surface area contributed by atoms with Crippen LogP contribution in [0.2, 0.25) is 0 Å². The summed E-state index contributed by atoms with van der Waals surface area (Å²) in [4.78, 5) is 11.6. The number of rotatable bonds is 9. The van der Waals surface area contributed by atoms with Gasteiger partial charge in [-0.25, -0.2) is 0 Å².